The van der Waals surface area contributed by atoms with Crippen LogP contribution in [-0.4, -0.2) is 42.4 Å². The van der Waals surface area contributed by atoms with Gasteiger partial charge in [-0.25, -0.2) is 4.79 Å². The normalized spacial score (nSPS) is 30.1. The van der Waals surface area contributed by atoms with E-state index in [-0.39, 0.29) is 24.3 Å². The Hall–Kier alpha value is -0.770. The zero-order chi connectivity index (χ0) is 11.5. The van der Waals surface area contributed by atoms with Gasteiger partial charge in [0.05, 0.1) is 24.9 Å². The van der Waals surface area contributed by atoms with Crippen LogP contribution >= 0.6 is 0 Å². The van der Waals surface area contributed by atoms with E-state index >= 15 is 0 Å². The standard InChI is InChI=1S/C12H21NO3/c1-9(2)16-12(14)13-7-8-15-11-6-4-3-5-10(11)13/h9-11H,3-8H2,1-2H3. The van der Waals surface area contributed by atoms with Gasteiger partial charge in [0.25, 0.3) is 0 Å². The van der Waals surface area contributed by atoms with Crippen molar-refractivity contribution < 1.29 is 14.3 Å². The van der Waals surface area contributed by atoms with Crippen molar-refractivity contribution in [1.29, 1.82) is 0 Å². The van der Waals surface area contributed by atoms with Gasteiger partial charge >= 0.3 is 6.09 Å². The summed E-state index contributed by atoms with van der Waals surface area (Å²) in [4.78, 5) is 13.8. The van der Waals surface area contributed by atoms with Crippen molar-refractivity contribution in [3.63, 3.8) is 0 Å². The van der Waals surface area contributed by atoms with E-state index in [4.69, 9.17) is 9.47 Å². The summed E-state index contributed by atoms with van der Waals surface area (Å²) in [5.74, 6) is 0. The molecular formula is C12H21NO3. The molecule has 0 aromatic carbocycles. The summed E-state index contributed by atoms with van der Waals surface area (Å²) < 4.78 is 11.0. The third-order valence-electron chi connectivity index (χ3n) is 3.30. The average molecular weight is 227 g/mol. The first kappa shape index (κ1) is 11.7. The molecule has 1 saturated heterocycles. The lowest BCUT2D eigenvalue weighted by Crippen LogP contribution is -2.55. The molecule has 0 radical (unpaired) electrons. The van der Waals surface area contributed by atoms with E-state index in [0.29, 0.717) is 13.2 Å². The summed E-state index contributed by atoms with van der Waals surface area (Å²) in [5.41, 5.74) is 0. The van der Waals surface area contributed by atoms with E-state index in [1.165, 1.54) is 12.8 Å². The van der Waals surface area contributed by atoms with E-state index < -0.39 is 0 Å². The summed E-state index contributed by atoms with van der Waals surface area (Å²) in [7, 11) is 0. The van der Waals surface area contributed by atoms with Crippen LogP contribution in [0.2, 0.25) is 0 Å². The van der Waals surface area contributed by atoms with Gasteiger partial charge in [0.1, 0.15) is 0 Å². The lowest BCUT2D eigenvalue weighted by molar-refractivity contribution is -0.0837. The Morgan fingerprint density at radius 2 is 2.12 bits per heavy atom. The fourth-order valence-corrected chi connectivity index (χ4v) is 2.59. The van der Waals surface area contributed by atoms with E-state index in [1.807, 2.05) is 18.7 Å². The van der Waals surface area contributed by atoms with Crippen molar-refractivity contribution in [3.8, 4) is 0 Å². The monoisotopic (exact) mass is 227 g/mol. The minimum atomic E-state index is -0.171. The molecule has 0 aromatic heterocycles. The van der Waals surface area contributed by atoms with Crippen molar-refractivity contribution in [1.82, 2.24) is 4.90 Å². The van der Waals surface area contributed by atoms with Crippen LogP contribution < -0.4 is 0 Å². The number of rotatable bonds is 1. The highest BCUT2D eigenvalue weighted by molar-refractivity contribution is 5.68. The van der Waals surface area contributed by atoms with Crippen LogP contribution in [0.3, 0.4) is 0 Å². The second-order valence-corrected chi connectivity index (χ2v) is 4.89. The Bertz CT molecular complexity index is 253. The van der Waals surface area contributed by atoms with E-state index in [1.54, 1.807) is 0 Å². The average Bonchev–Trinajstić information content (AvgIpc) is 2.27. The van der Waals surface area contributed by atoms with Crippen molar-refractivity contribution in [2.24, 2.45) is 0 Å². The molecule has 2 unspecified atom stereocenters. The van der Waals surface area contributed by atoms with Gasteiger partial charge in [0.15, 0.2) is 0 Å². The predicted molar refractivity (Wildman–Crippen MR) is 60.3 cm³/mol. The number of nitrogens with zero attached hydrogens (tertiary/aromatic N) is 1. The van der Waals surface area contributed by atoms with Crippen molar-refractivity contribution in [2.45, 2.75) is 57.8 Å². The third kappa shape index (κ3) is 2.48. The zero-order valence-electron chi connectivity index (χ0n) is 10.1. The SMILES string of the molecule is CC(C)OC(=O)N1CCOC2CCCCC21. The Morgan fingerprint density at radius 1 is 1.38 bits per heavy atom. The molecule has 16 heavy (non-hydrogen) atoms. The topological polar surface area (TPSA) is 38.8 Å². The van der Waals surface area contributed by atoms with Gasteiger partial charge in [-0.1, -0.05) is 12.8 Å². The molecule has 1 heterocycles. The van der Waals surface area contributed by atoms with Crippen LogP contribution in [0.4, 0.5) is 4.79 Å². The Labute approximate surface area is 96.9 Å². The van der Waals surface area contributed by atoms with Crippen LogP contribution in [0.5, 0.6) is 0 Å². The van der Waals surface area contributed by atoms with Gasteiger partial charge in [0.2, 0.25) is 0 Å². The lowest BCUT2D eigenvalue weighted by Gasteiger charge is -2.43. The summed E-state index contributed by atoms with van der Waals surface area (Å²) >= 11 is 0. The smallest absolute Gasteiger partial charge is 0.410 e. The highest BCUT2D eigenvalue weighted by atomic mass is 16.6. The summed E-state index contributed by atoms with van der Waals surface area (Å²) in [6.45, 7) is 5.09. The van der Waals surface area contributed by atoms with Crippen LogP contribution in [0.25, 0.3) is 0 Å². The van der Waals surface area contributed by atoms with Gasteiger partial charge in [-0.2, -0.15) is 0 Å². The molecule has 1 aliphatic carbocycles. The second kappa shape index (κ2) is 5.04. The Balaban J connectivity index is 1.99. The van der Waals surface area contributed by atoms with Crippen LogP contribution in [0.15, 0.2) is 0 Å². The first-order valence-corrected chi connectivity index (χ1v) is 6.27. The number of carbonyl (C=O) groups excluding carboxylic acids is 1. The van der Waals surface area contributed by atoms with Crippen molar-refractivity contribution in [3.05, 3.63) is 0 Å². The lowest BCUT2D eigenvalue weighted by atomic mass is 9.90. The van der Waals surface area contributed by atoms with Gasteiger partial charge in [-0.15, -0.1) is 0 Å². The summed E-state index contributed by atoms with van der Waals surface area (Å²) in [6.07, 6.45) is 4.56. The molecule has 0 N–H and O–H groups in total. The maximum atomic E-state index is 11.9. The number of hydrogen-bond acceptors (Lipinski definition) is 3. The minimum Gasteiger partial charge on any atom is -0.447 e. The largest absolute Gasteiger partial charge is 0.447 e. The van der Waals surface area contributed by atoms with Gasteiger partial charge in [-0.3, -0.25) is 0 Å². The molecule has 1 amide bonds. The number of ether oxygens (including phenoxy) is 2. The molecule has 4 heteroatoms. The third-order valence-corrected chi connectivity index (χ3v) is 3.30. The maximum absolute atomic E-state index is 11.9. The minimum absolute atomic E-state index is 0.0441. The molecule has 1 saturated carbocycles. The first-order valence-electron chi connectivity index (χ1n) is 6.27. The van der Waals surface area contributed by atoms with Crippen molar-refractivity contribution >= 4 is 6.09 Å². The quantitative estimate of drug-likeness (QED) is 0.689. The number of fused-ring (bicyclic) bond motifs is 1. The molecule has 0 bridgehead atoms. The number of amides is 1. The Morgan fingerprint density at radius 3 is 2.88 bits per heavy atom. The highest BCUT2D eigenvalue weighted by Crippen LogP contribution is 2.28. The number of morpholine rings is 1. The number of carbonyl (C=O) groups is 1. The predicted octanol–water partition coefficient (Wildman–Crippen LogP) is 2.17. The highest BCUT2D eigenvalue weighted by Gasteiger charge is 2.37. The molecule has 1 aliphatic heterocycles. The van der Waals surface area contributed by atoms with Gasteiger partial charge < -0.3 is 14.4 Å². The Kier molecular flexibility index (Phi) is 3.69. The van der Waals surface area contributed by atoms with E-state index in [9.17, 15) is 4.79 Å². The summed E-state index contributed by atoms with van der Waals surface area (Å²) in [6, 6.07) is 0.244. The van der Waals surface area contributed by atoms with Crippen LogP contribution in [0.1, 0.15) is 39.5 Å². The number of hydrogen-bond donors (Lipinski definition) is 0. The van der Waals surface area contributed by atoms with Crippen LogP contribution in [-0.2, 0) is 9.47 Å². The molecule has 2 fully saturated rings. The molecule has 2 aliphatic rings. The van der Waals surface area contributed by atoms with Gasteiger partial charge in [0, 0.05) is 6.54 Å². The molecule has 2 atom stereocenters. The van der Waals surface area contributed by atoms with E-state index in [0.717, 1.165) is 12.8 Å². The molecular weight excluding hydrogens is 206 g/mol. The zero-order valence-corrected chi connectivity index (χ0v) is 10.1. The van der Waals surface area contributed by atoms with Crippen molar-refractivity contribution in [2.75, 3.05) is 13.2 Å². The molecule has 92 valence electrons. The molecule has 2 rings (SSSR count). The first-order chi connectivity index (χ1) is 7.68. The maximum Gasteiger partial charge on any atom is 0.410 e. The fraction of sp³-hybridized carbons (Fsp3) is 0.917. The molecule has 0 aromatic rings. The van der Waals surface area contributed by atoms with Crippen LogP contribution in [0, 0.1) is 0 Å². The fourth-order valence-electron chi connectivity index (χ4n) is 2.59. The molecule has 4 nitrogen and oxygen atoms in total. The second-order valence-electron chi connectivity index (χ2n) is 4.89. The van der Waals surface area contributed by atoms with E-state index in [2.05, 4.69) is 0 Å². The molecule has 0 spiro atoms. The van der Waals surface area contributed by atoms with Gasteiger partial charge in [-0.05, 0) is 26.7 Å². The summed E-state index contributed by atoms with van der Waals surface area (Å²) in [5, 5.41) is 0.